The van der Waals surface area contributed by atoms with E-state index >= 15 is 0 Å². The largest absolute Gasteiger partial charge is 0.356 e. The fourth-order valence-electron chi connectivity index (χ4n) is 1.75. The lowest BCUT2D eigenvalue weighted by molar-refractivity contribution is 0.797. The van der Waals surface area contributed by atoms with Gasteiger partial charge in [-0.05, 0) is 19.1 Å². The normalized spacial score (nSPS) is 17.0. The summed E-state index contributed by atoms with van der Waals surface area (Å²) in [6.07, 6.45) is 1.21. The molecule has 1 aromatic rings. The van der Waals surface area contributed by atoms with Crippen LogP contribution < -0.4 is 16.2 Å². The highest BCUT2D eigenvalue weighted by atomic mass is 32.2. The summed E-state index contributed by atoms with van der Waals surface area (Å²) < 4.78 is 0. The molecule has 5 nitrogen and oxygen atoms in total. The van der Waals surface area contributed by atoms with Gasteiger partial charge in [0, 0.05) is 30.6 Å². The number of hydrogen-bond acceptors (Lipinski definition) is 6. The quantitative estimate of drug-likeness (QED) is 0.593. The number of nitrogen functional groups attached to an aromatic ring is 1. The Bertz CT molecular complexity index is 349. The number of hydrogen-bond donors (Lipinski definition) is 2. The van der Waals surface area contributed by atoms with Gasteiger partial charge in [-0.2, -0.15) is 16.7 Å². The third-order valence-electron chi connectivity index (χ3n) is 2.52. The smallest absolute Gasteiger partial charge is 0.239 e. The zero-order chi connectivity index (χ0) is 11.4. The van der Waals surface area contributed by atoms with Crippen LogP contribution in [0.4, 0.5) is 11.8 Å². The number of aromatic nitrogens is 2. The molecule has 88 valence electrons. The highest BCUT2D eigenvalue weighted by Gasteiger charge is 2.12. The second-order valence-electron chi connectivity index (χ2n) is 3.79. The van der Waals surface area contributed by atoms with E-state index in [9.17, 15) is 0 Å². The molecule has 0 aromatic carbocycles. The molecule has 2 rings (SSSR count). The summed E-state index contributed by atoms with van der Waals surface area (Å²) in [5.41, 5.74) is 3.45. The molecule has 1 aliphatic heterocycles. The van der Waals surface area contributed by atoms with Gasteiger partial charge in [0.05, 0.1) is 0 Å². The van der Waals surface area contributed by atoms with Crippen molar-refractivity contribution in [2.75, 3.05) is 34.9 Å². The Kier molecular flexibility index (Phi) is 3.84. The molecule has 0 radical (unpaired) electrons. The maximum Gasteiger partial charge on any atom is 0.239 e. The topological polar surface area (TPSA) is 67.1 Å². The van der Waals surface area contributed by atoms with Crippen molar-refractivity contribution in [2.24, 2.45) is 5.84 Å². The fourth-order valence-corrected chi connectivity index (χ4v) is 2.64. The van der Waals surface area contributed by atoms with Gasteiger partial charge < -0.3 is 4.90 Å². The molecule has 0 saturated carbocycles. The number of nitrogens with two attached hydrogens (primary N) is 1. The van der Waals surface area contributed by atoms with Crippen molar-refractivity contribution in [1.29, 1.82) is 0 Å². The average Bonchev–Trinajstić information content (AvgIpc) is 2.56. The summed E-state index contributed by atoms with van der Waals surface area (Å²) in [6, 6.07) is 2.01. The van der Waals surface area contributed by atoms with E-state index in [1.165, 1.54) is 12.2 Å². The highest BCUT2D eigenvalue weighted by Crippen LogP contribution is 2.18. The average molecular weight is 239 g/mol. The third kappa shape index (κ3) is 2.76. The zero-order valence-corrected chi connectivity index (χ0v) is 10.3. The van der Waals surface area contributed by atoms with Crippen molar-refractivity contribution in [3.8, 4) is 0 Å². The predicted molar refractivity (Wildman–Crippen MR) is 68.7 cm³/mol. The number of hydrazine groups is 1. The Labute approximate surface area is 99.8 Å². The van der Waals surface area contributed by atoms with Gasteiger partial charge in [0.25, 0.3) is 0 Å². The van der Waals surface area contributed by atoms with Gasteiger partial charge in [0.2, 0.25) is 5.95 Å². The molecule has 0 aliphatic carbocycles. The van der Waals surface area contributed by atoms with Crippen molar-refractivity contribution in [2.45, 2.75) is 13.3 Å². The van der Waals surface area contributed by atoms with Crippen LogP contribution in [0, 0.1) is 6.92 Å². The fraction of sp³-hybridized carbons (Fsp3) is 0.600. The van der Waals surface area contributed by atoms with E-state index in [-0.39, 0.29) is 0 Å². The van der Waals surface area contributed by atoms with Crippen LogP contribution in [0.25, 0.3) is 0 Å². The predicted octanol–water partition coefficient (Wildman–Crippen LogP) is 1.01. The van der Waals surface area contributed by atoms with E-state index in [4.69, 9.17) is 5.84 Å². The number of nitrogens with zero attached hydrogens (tertiary/aromatic N) is 3. The van der Waals surface area contributed by atoms with Crippen LogP contribution in [0.5, 0.6) is 0 Å². The summed E-state index contributed by atoms with van der Waals surface area (Å²) in [5, 5.41) is 0. The molecule has 0 bridgehead atoms. The van der Waals surface area contributed by atoms with Gasteiger partial charge in [-0.15, -0.1) is 0 Å². The van der Waals surface area contributed by atoms with E-state index in [1.807, 2.05) is 24.8 Å². The molecule has 1 saturated heterocycles. The number of thioether (sulfide) groups is 1. The van der Waals surface area contributed by atoms with E-state index < -0.39 is 0 Å². The van der Waals surface area contributed by atoms with Gasteiger partial charge in [0.1, 0.15) is 5.82 Å². The zero-order valence-electron chi connectivity index (χ0n) is 9.44. The van der Waals surface area contributed by atoms with Crippen LogP contribution in [-0.4, -0.2) is 34.6 Å². The van der Waals surface area contributed by atoms with E-state index in [2.05, 4.69) is 20.3 Å². The molecule has 1 aromatic heterocycles. The van der Waals surface area contributed by atoms with E-state index in [0.717, 1.165) is 30.4 Å². The molecular weight excluding hydrogens is 222 g/mol. The molecule has 1 aliphatic rings. The number of rotatable bonds is 2. The Morgan fingerprint density at radius 1 is 1.38 bits per heavy atom. The summed E-state index contributed by atoms with van der Waals surface area (Å²) in [7, 11) is 0. The van der Waals surface area contributed by atoms with Gasteiger partial charge in [-0.25, -0.2) is 10.8 Å². The maximum absolute atomic E-state index is 5.35. The lowest BCUT2D eigenvalue weighted by atomic mass is 10.3. The molecule has 16 heavy (non-hydrogen) atoms. The van der Waals surface area contributed by atoms with Gasteiger partial charge in [-0.1, -0.05) is 0 Å². The minimum atomic E-state index is 0.493. The molecule has 3 N–H and O–H groups in total. The van der Waals surface area contributed by atoms with Crippen molar-refractivity contribution >= 4 is 23.5 Å². The van der Waals surface area contributed by atoms with Crippen LogP contribution >= 0.6 is 11.8 Å². The monoisotopic (exact) mass is 239 g/mol. The molecule has 0 unspecified atom stereocenters. The molecular formula is C10H17N5S. The van der Waals surface area contributed by atoms with Crippen LogP contribution in [0.3, 0.4) is 0 Å². The van der Waals surface area contributed by atoms with Gasteiger partial charge >= 0.3 is 0 Å². The SMILES string of the molecule is Cc1cc(N2CCCSCC2)nc(NN)n1. The summed E-state index contributed by atoms with van der Waals surface area (Å²) in [6.45, 7) is 4.07. The highest BCUT2D eigenvalue weighted by molar-refractivity contribution is 7.99. The second-order valence-corrected chi connectivity index (χ2v) is 5.01. The molecule has 1 fully saturated rings. The summed E-state index contributed by atoms with van der Waals surface area (Å²) in [4.78, 5) is 10.9. The lowest BCUT2D eigenvalue weighted by Gasteiger charge is -2.21. The van der Waals surface area contributed by atoms with Crippen molar-refractivity contribution < 1.29 is 0 Å². The summed E-state index contributed by atoms with van der Waals surface area (Å²) in [5.74, 6) is 9.22. The number of aryl methyl sites for hydroxylation is 1. The second kappa shape index (κ2) is 5.36. The van der Waals surface area contributed by atoms with Crippen molar-refractivity contribution in [1.82, 2.24) is 9.97 Å². The van der Waals surface area contributed by atoms with Crippen molar-refractivity contribution in [3.63, 3.8) is 0 Å². The first-order chi connectivity index (χ1) is 7.79. The van der Waals surface area contributed by atoms with Crippen LogP contribution in [0.15, 0.2) is 6.07 Å². The summed E-state index contributed by atoms with van der Waals surface area (Å²) >= 11 is 2.00. The van der Waals surface area contributed by atoms with E-state index in [0.29, 0.717) is 5.95 Å². The third-order valence-corrected chi connectivity index (χ3v) is 3.56. The minimum Gasteiger partial charge on any atom is -0.356 e. The minimum absolute atomic E-state index is 0.493. The Morgan fingerprint density at radius 2 is 2.25 bits per heavy atom. The van der Waals surface area contributed by atoms with Crippen LogP contribution in [-0.2, 0) is 0 Å². The molecule has 0 atom stereocenters. The first kappa shape index (κ1) is 11.5. The Morgan fingerprint density at radius 3 is 3.06 bits per heavy atom. The standard InChI is InChI=1S/C10H17N5S/c1-8-7-9(13-10(12-8)14-11)15-3-2-5-16-6-4-15/h7H,2-6,11H2,1H3,(H,12,13,14). The van der Waals surface area contributed by atoms with Crippen LogP contribution in [0.1, 0.15) is 12.1 Å². The molecule has 0 amide bonds. The molecule has 2 heterocycles. The number of nitrogens with one attached hydrogen (secondary N) is 1. The Hall–Kier alpha value is -1.01. The van der Waals surface area contributed by atoms with Gasteiger partial charge in [-0.3, -0.25) is 5.43 Å². The lowest BCUT2D eigenvalue weighted by Crippen LogP contribution is -2.27. The molecule has 0 spiro atoms. The van der Waals surface area contributed by atoms with Gasteiger partial charge in [0.15, 0.2) is 0 Å². The first-order valence-electron chi connectivity index (χ1n) is 5.44. The first-order valence-corrected chi connectivity index (χ1v) is 6.60. The molecule has 6 heteroatoms. The number of anilines is 2. The Balaban J connectivity index is 2.20. The van der Waals surface area contributed by atoms with Crippen LogP contribution in [0.2, 0.25) is 0 Å². The maximum atomic E-state index is 5.35. The van der Waals surface area contributed by atoms with E-state index in [1.54, 1.807) is 0 Å². The van der Waals surface area contributed by atoms with Crippen molar-refractivity contribution in [3.05, 3.63) is 11.8 Å².